The molecule has 0 spiro atoms. The standard InChI is InChI=1S/C24H25FN6OS/c1-12-18-8-16(25)5-6-17(18)23-21(33-13(2)30-23)9-19(31-27)22(28-10-14-3-4-14)15-7-20(32-12)24(26)29-11-15/h5-8,11-12,14,27-28H,3-4,9-10H2,1-2H3,(H2,26,29)/b22-19-,31-27?. The van der Waals surface area contributed by atoms with E-state index in [1.54, 1.807) is 23.6 Å². The lowest BCUT2D eigenvalue weighted by Crippen LogP contribution is -2.18. The van der Waals surface area contributed by atoms with Gasteiger partial charge >= 0.3 is 0 Å². The Balaban J connectivity index is 1.73. The van der Waals surface area contributed by atoms with E-state index in [4.69, 9.17) is 21.0 Å². The van der Waals surface area contributed by atoms with Crippen molar-refractivity contribution < 1.29 is 9.13 Å². The van der Waals surface area contributed by atoms with E-state index < -0.39 is 6.10 Å². The number of aryl methyl sites for hydroxylation is 1. The van der Waals surface area contributed by atoms with Gasteiger partial charge in [0.15, 0.2) is 11.6 Å². The number of nitrogens with zero attached hydrogens (tertiary/aromatic N) is 3. The predicted octanol–water partition coefficient (Wildman–Crippen LogP) is 5.63. The van der Waals surface area contributed by atoms with Crippen molar-refractivity contribution in [1.82, 2.24) is 15.3 Å². The number of nitrogen functional groups attached to an aromatic ring is 1. The highest BCUT2D eigenvalue weighted by Crippen LogP contribution is 2.39. The molecule has 2 bridgehead atoms. The van der Waals surface area contributed by atoms with E-state index in [1.165, 1.54) is 25.0 Å². The van der Waals surface area contributed by atoms with Gasteiger partial charge in [-0.3, -0.25) is 0 Å². The number of aromatic nitrogens is 2. The van der Waals surface area contributed by atoms with Crippen molar-refractivity contribution in [2.45, 2.75) is 39.2 Å². The third-order valence-corrected chi connectivity index (χ3v) is 6.97. The van der Waals surface area contributed by atoms with Gasteiger partial charge in [-0.25, -0.2) is 19.9 Å². The molecule has 1 aliphatic heterocycles. The number of pyridine rings is 1. The number of thiazole rings is 1. The van der Waals surface area contributed by atoms with E-state index in [-0.39, 0.29) is 11.6 Å². The van der Waals surface area contributed by atoms with E-state index in [0.29, 0.717) is 29.3 Å². The fourth-order valence-electron chi connectivity index (χ4n) is 4.10. The summed E-state index contributed by atoms with van der Waals surface area (Å²) in [6.07, 6.45) is 4.00. The number of anilines is 1. The fourth-order valence-corrected chi connectivity index (χ4v) is 5.05. The maximum atomic E-state index is 14.3. The summed E-state index contributed by atoms with van der Waals surface area (Å²) in [7, 11) is 0. The number of allylic oxidation sites excluding steroid dienone is 1. The van der Waals surface area contributed by atoms with E-state index >= 15 is 0 Å². The number of hydrogen-bond acceptors (Lipinski definition) is 8. The van der Waals surface area contributed by atoms with Gasteiger partial charge in [0.05, 0.1) is 22.1 Å². The molecule has 0 radical (unpaired) electrons. The summed E-state index contributed by atoms with van der Waals surface area (Å²) in [6.45, 7) is 4.61. The van der Waals surface area contributed by atoms with E-state index in [2.05, 4.69) is 15.4 Å². The van der Waals surface area contributed by atoms with Crippen LogP contribution >= 0.6 is 11.3 Å². The van der Waals surface area contributed by atoms with Gasteiger partial charge < -0.3 is 15.8 Å². The van der Waals surface area contributed by atoms with Crippen molar-refractivity contribution in [1.29, 1.82) is 5.53 Å². The maximum absolute atomic E-state index is 14.3. The Morgan fingerprint density at radius 1 is 1.33 bits per heavy atom. The van der Waals surface area contributed by atoms with E-state index in [9.17, 15) is 4.39 Å². The van der Waals surface area contributed by atoms with Gasteiger partial charge in [0, 0.05) is 40.7 Å². The fraction of sp³-hybridized carbons (Fsp3) is 0.333. The molecular formula is C24H25FN6OS. The number of benzene rings is 1. The van der Waals surface area contributed by atoms with Crippen LogP contribution in [-0.2, 0) is 6.42 Å². The van der Waals surface area contributed by atoms with Crippen LogP contribution in [0.25, 0.3) is 17.0 Å². The summed E-state index contributed by atoms with van der Waals surface area (Å²) in [4.78, 5) is 10.1. The summed E-state index contributed by atoms with van der Waals surface area (Å²) in [6, 6.07) is 6.46. The summed E-state index contributed by atoms with van der Waals surface area (Å²) in [5, 5.41) is 8.31. The van der Waals surface area contributed by atoms with Crippen LogP contribution in [0.1, 0.15) is 46.9 Å². The lowest BCUT2D eigenvalue weighted by molar-refractivity contribution is 0.227. The van der Waals surface area contributed by atoms with Crippen molar-refractivity contribution in [3.8, 4) is 17.0 Å². The zero-order valence-electron chi connectivity index (χ0n) is 18.5. The molecule has 1 saturated carbocycles. The van der Waals surface area contributed by atoms with Crippen LogP contribution in [0, 0.1) is 24.2 Å². The van der Waals surface area contributed by atoms with Gasteiger partial charge in [-0.1, -0.05) is 0 Å². The molecule has 0 amide bonds. The number of nitrogens with one attached hydrogen (secondary N) is 2. The van der Waals surface area contributed by atoms with Gasteiger partial charge in [-0.2, -0.15) is 5.11 Å². The molecule has 4 N–H and O–H groups in total. The first-order chi connectivity index (χ1) is 15.9. The molecule has 1 unspecified atom stereocenters. The molecule has 3 aromatic rings. The first-order valence-electron chi connectivity index (χ1n) is 11.0. The minimum atomic E-state index is -0.489. The molecule has 2 aliphatic rings. The van der Waals surface area contributed by atoms with Crippen molar-refractivity contribution in [2.24, 2.45) is 11.0 Å². The van der Waals surface area contributed by atoms with Crippen LogP contribution in [0.5, 0.6) is 5.75 Å². The molecular weight excluding hydrogens is 439 g/mol. The number of halogens is 1. The molecule has 9 heteroatoms. The SMILES string of the molecule is Cc1nc2c(s1)C/C(N=N)=C(/NCC1CC1)c1cnc(N)c(c1)OC(C)c1cc(F)ccc1-2. The lowest BCUT2D eigenvalue weighted by Gasteiger charge is -2.22. The normalized spacial score (nSPS) is 20.0. The van der Waals surface area contributed by atoms with Crippen LogP contribution in [0.4, 0.5) is 10.2 Å². The van der Waals surface area contributed by atoms with Gasteiger partial charge in [-0.05, 0) is 56.9 Å². The van der Waals surface area contributed by atoms with Crippen LogP contribution < -0.4 is 15.8 Å². The zero-order valence-corrected chi connectivity index (χ0v) is 19.3. The summed E-state index contributed by atoms with van der Waals surface area (Å²) in [5.41, 5.74) is 18.4. The van der Waals surface area contributed by atoms with Crippen molar-refractivity contribution in [2.75, 3.05) is 12.3 Å². The van der Waals surface area contributed by atoms with Gasteiger partial charge in [-0.15, -0.1) is 11.3 Å². The number of fused-ring (bicyclic) bond motifs is 5. The first kappa shape index (κ1) is 21.5. The number of rotatable bonds is 4. The van der Waals surface area contributed by atoms with Crippen LogP contribution in [0.3, 0.4) is 0 Å². The number of nitrogens with two attached hydrogens (primary N) is 1. The lowest BCUT2D eigenvalue weighted by atomic mass is 9.98. The zero-order chi connectivity index (χ0) is 23.1. The number of hydrogen-bond donors (Lipinski definition) is 3. The smallest absolute Gasteiger partial charge is 0.166 e. The quantitative estimate of drug-likeness (QED) is 0.434. The van der Waals surface area contributed by atoms with E-state index in [0.717, 1.165) is 38.9 Å². The third-order valence-electron chi connectivity index (χ3n) is 6.00. The molecule has 33 heavy (non-hydrogen) atoms. The Hall–Kier alpha value is -3.33. The minimum absolute atomic E-state index is 0.247. The first-order valence-corrected chi connectivity index (χ1v) is 11.8. The molecule has 170 valence electrons. The Kier molecular flexibility index (Phi) is 5.57. The largest absolute Gasteiger partial charge is 0.482 e. The third kappa shape index (κ3) is 4.32. The maximum Gasteiger partial charge on any atom is 0.166 e. The molecule has 1 fully saturated rings. The highest BCUT2D eigenvalue weighted by Gasteiger charge is 2.26. The Bertz CT molecular complexity index is 1270. The average molecular weight is 465 g/mol. The molecule has 5 rings (SSSR count). The van der Waals surface area contributed by atoms with Crippen molar-refractivity contribution in [3.63, 3.8) is 0 Å². The molecule has 1 atom stereocenters. The van der Waals surface area contributed by atoms with Gasteiger partial charge in [0.25, 0.3) is 0 Å². The van der Waals surface area contributed by atoms with Crippen LogP contribution in [0.2, 0.25) is 0 Å². The summed E-state index contributed by atoms with van der Waals surface area (Å²) < 4.78 is 20.5. The number of ether oxygens (including phenoxy) is 1. The second-order valence-corrected chi connectivity index (χ2v) is 9.83. The van der Waals surface area contributed by atoms with Gasteiger partial charge in [0.2, 0.25) is 0 Å². The highest BCUT2D eigenvalue weighted by molar-refractivity contribution is 7.12. The second kappa shape index (κ2) is 8.55. The predicted molar refractivity (Wildman–Crippen MR) is 126 cm³/mol. The van der Waals surface area contributed by atoms with E-state index in [1.807, 2.05) is 19.9 Å². The molecule has 2 aromatic heterocycles. The molecule has 3 heterocycles. The molecule has 1 aliphatic carbocycles. The second-order valence-electron chi connectivity index (χ2n) is 8.54. The molecule has 1 aromatic carbocycles. The Morgan fingerprint density at radius 2 is 2.15 bits per heavy atom. The van der Waals surface area contributed by atoms with Crippen LogP contribution in [-0.4, -0.2) is 16.5 Å². The average Bonchev–Trinajstić information content (AvgIpc) is 3.55. The Morgan fingerprint density at radius 3 is 2.91 bits per heavy atom. The topological polar surface area (TPSA) is 109 Å². The minimum Gasteiger partial charge on any atom is -0.482 e. The molecule has 0 saturated heterocycles. The molecule has 7 nitrogen and oxygen atoms in total. The van der Waals surface area contributed by atoms with Crippen molar-refractivity contribution in [3.05, 3.63) is 63.0 Å². The van der Waals surface area contributed by atoms with Crippen molar-refractivity contribution >= 4 is 22.9 Å². The Labute approximate surface area is 195 Å². The highest BCUT2D eigenvalue weighted by atomic mass is 32.1. The van der Waals surface area contributed by atoms with Gasteiger partial charge in [0.1, 0.15) is 11.9 Å². The summed E-state index contributed by atoms with van der Waals surface area (Å²) >= 11 is 1.56. The van der Waals surface area contributed by atoms with Crippen LogP contribution in [0.15, 0.2) is 41.3 Å². The monoisotopic (exact) mass is 464 g/mol. The summed E-state index contributed by atoms with van der Waals surface area (Å²) in [5.74, 6) is 0.932.